The fourth-order valence-electron chi connectivity index (χ4n) is 3.81. The summed E-state index contributed by atoms with van der Waals surface area (Å²) in [4.78, 5) is 7.13. The molecule has 6 heteroatoms. The number of benzene rings is 2. The van der Waals surface area contributed by atoms with Crippen LogP contribution in [0.2, 0.25) is 0 Å². The summed E-state index contributed by atoms with van der Waals surface area (Å²) >= 11 is 0. The molecule has 0 aromatic heterocycles. The van der Waals surface area contributed by atoms with Crippen LogP contribution in [-0.4, -0.2) is 55.9 Å². The van der Waals surface area contributed by atoms with Gasteiger partial charge in [-0.05, 0) is 56.0 Å². The molecule has 1 saturated heterocycles. The van der Waals surface area contributed by atoms with Crippen molar-refractivity contribution in [2.75, 3.05) is 39.9 Å². The van der Waals surface area contributed by atoms with Gasteiger partial charge in [0, 0.05) is 19.6 Å². The number of ether oxygens (including phenoxy) is 2. The van der Waals surface area contributed by atoms with Crippen molar-refractivity contribution in [3.8, 4) is 11.5 Å². The van der Waals surface area contributed by atoms with Gasteiger partial charge in [-0.15, -0.1) is 0 Å². The van der Waals surface area contributed by atoms with Gasteiger partial charge in [0.2, 0.25) is 0 Å². The Labute approximate surface area is 179 Å². The van der Waals surface area contributed by atoms with E-state index in [1.807, 2.05) is 12.1 Å². The molecule has 1 aliphatic rings. The molecule has 0 amide bonds. The van der Waals surface area contributed by atoms with Crippen LogP contribution < -0.4 is 10.1 Å². The van der Waals surface area contributed by atoms with Crippen LogP contribution in [0.4, 0.5) is 0 Å². The molecule has 2 aromatic rings. The van der Waals surface area contributed by atoms with Crippen LogP contribution in [-0.2, 0) is 11.2 Å². The molecule has 1 heterocycles. The molecule has 1 atom stereocenters. The third kappa shape index (κ3) is 5.45. The van der Waals surface area contributed by atoms with Gasteiger partial charge in [-0.1, -0.05) is 29.8 Å². The van der Waals surface area contributed by atoms with E-state index in [1.165, 1.54) is 16.7 Å². The van der Waals surface area contributed by atoms with E-state index in [4.69, 9.17) is 14.5 Å². The van der Waals surface area contributed by atoms with Gasteiger partial charge in [-0.2, -0.15) is 0 Å². The first-order chi connectivity index (χ1) is 14.5. The highest BCUT2D eigenvalue weighted by Crippen LogP contribution is 2.27. The number of hydrogen-bond acceptors (Lipinski definition) is 4. The number of aromatic hydroxyl groups is 1. The van der Waals surface area contributed by atoms with Crippen LogP contribution >= 0.6 is 0 Å². The Balaban J connectivity index is 1.68. The lowest BCUT2D eigenvalue weighted by molar-refractivity contribution is -0.00832. The van der Waals surface area contributed by atoms with Crippen molar-refractivity contribution < 1.29 is 14.6 Å². The maximum Gasteiger partial charge on any atom is 0.194 e. The lowest BCUT2D eigenvalue weighted by Crippen LogP contribution is -2.48. The van der Waals surface area contributed by atoms with Crippen LogP contribution in [0, 0.1) is 13.8 Å². The normalized spacial score (nSPS) is 17.1. The Morgan fingerprint density at radius 3 is 2.83 bits per heavy atom. The van der Waals surface area contributed by atoms with Crippen molar-refractivity contribution in [1.82, 2.24) is 10.2 Å². The Bertz CT molecular complexity index is 882. The largest absolute Gasteiger partial charge is 0.504 e. The minimum Gasteiger partial charge on any atom is -0.504 e. The molecule has 0 radical (unpaired) electrons. The van der Waals surface area contributed by atoms with E-state index in [9.17, 15) is 5.11 Å². The van der Waals surface area contributed by atoms with Crippen molar-refractivity contribution in [2.45, 2.75) is 33.3 Å². The summed E-state index contributed by atoms with van der Waals surface area (Å²) in [5, 5.41) is 13.2. The van der Waals surface area contributed by atoms with Crippen LogP contribution in [0.1, 0.15) is 35.3 Å². The molecule has 6 nitrogen and oxygen atoms in total. The van der Waals surface area contributed by atoms with E-state index in [0.29, 0.717) is 18.9 Å². The summed E-state index contributed by atoms with van der Waals surface area (Å²) < 4.78 is 11.3. The van der Waals surface area contributed by atoms with Crippen molar-refractivity contribution in [2.24, 2.45) is 4.99 Å². The number of aliphatic imine (C=N–C) groups is 1. The highest BCUT2D eigenvalue weighted by Gasteiger charge is 2.25. The van der Waals surface area contributed by atoms with Gasteiger partial charge in [-0.3, -0.25) is 4.99 Å². The smallest absolute Gasteiger partial charge is 0.194 e. The van der Waals surface area contributed by atoms with E-state index in [-0.39, 0.29) is 11.9 Å². The van der Waals surface area contributed by atoms with E-state index in [0.717, 1.165) is 37.6 Å². The maximum absolute atomic E-state index is 9.76. The molecule has 0 aliphatic carbocycles. The first kappa shape index (κ1) is 22.0. The molecular formula is C24H33N3O3. The standard InChI is InChI=1S/C24H33N3O3/c1-5-25-24(26-11-10-19-7-9-21(28)22(15-19)29-4)27-12-13-30-23(16-27)20-8-6-17(2)14-18(20)3/h6-9,14-15,23,28H,5,10-13,16H2,1-4H3,(H,25,26). The number of aryl methyl sites for hydroxylation is 2. The Morgan fingerprint density at radius 1 is 1.27 bits per heavy atom. The molecule has 162 valence electrons. The fraction of sp³-hybridized carbons (Fsp3) is 0.458. The fourth-order valence-corrected chi connectivity index (χ4v) is 3.81. The number of rotatable bonds is 6. The second kappa shape index (κ2) is 10.3. The van der Waals surface area contributed by atoms with Crippen LogP contribution in [0.5, 0.6) is 11.5 Å². The van der Waals surface area contributed by atoms with Crippen molar-refractivity contribution in [3.63, 3.8) is 0 Å². The molecule has 2 aromatic carbocycles. The van der Waals surface area contributed by atoms with Gasteiger partial charge in [0.15, 0.2) is 17.5 Å². The number of morpholine rings is 1. The monoisotopic (exact) mass is 411 g/mol. The topological polar surface area (TPSA) is 66.3 Å². The first-order valence-corrected chi connectivity index (χ1v) is 10.6. The average molecular weight is 412 g/mol. The van der Waals surface area contributed by atoms with Crippen LogP contribution in [0.15, 0.2) is 41.4 Å². The molecule has 0 bridgehead atoms. The summed E-state index contributed by atoms with van der Waals surface area (Å²) in [6, 6.07) is 12.0. The van der Waals surface area contributed by atoms with Crippen molar-refractivity contribution in [1.29, 1.82) is 0 Å². The zero-order valence-corrected chi connectivity index (χ0v) is 18.4. The third-order valence-electron chi connectivity index (χ3n) is 5.38. The summed E-state index contributed by atoms with van der Waals surface area (Å²) in [7, 11) is 1.56. The van der Waals surface area contributed by atoms with E-state index >= 15 is 0 Å². The van der Waals surface area contributed by atoms with Crippen LogP contribution in [0.3, 0.4) is 0 Å². The molecule has 1 unspecified atom stereocenters. The zero-order chi connectivity index (χ0) is 21.5. The quantitative estimate of drug-likeness (QED) is 0.562. The Kier molecular flexibility index (Phi) is 7.57. The second-order valence-electron chi connectivity index (χ2n) is 7.66. The zero-order valence-electron chi connectivity index (χ0n) is 18.4. The molecular weight excluding hydrogens is 378 g/mol. The van der Waals surface area contributed by atoms with Gasteiger partial charge in [0.05, 0.1) is 20.3 Å². The lowest BCUT2D eigenvalue weighted by atomic mass is 10.00. The number of nitrogens with one attached hydrogen (secondary N) is 1. The summed E-state index contributed by atoms with van der Waals surface area (Å²) in [6.07, 6.45) is 0.820. The number of phenols is 1. The van der Waals surface area contributed by atoms with E-state index in [1.54, 1.807) is 13.2 Å². The molecule has 0 spiro atoms. The minimum atomic E-state index is 0.0459. The third-order valence-corrected chi connectivity index (χ3v) is 5.38. The van der Waals surface area contributed by atoms with Gasteiger partial charge in [0.1, 0.15) is 6.10 Å². The summed E-state index contributed by atoms with van der Waals surface area (Å²) in [6.45, 7) is 10.1. The molecule has 1 aliphatic heterocycles. The SMILES string of the molecule is CCNC(=NCCc1ccc(O)c(OC)c1)N1CCOC(c2ccc(C)cc2C)C1. The first-order valence-electron chi connectivity index (χ1n) is 10.6. The Hall–Kier alpha value is -2.73. The van der Waals surface area contributed by atoms with Gasteiger partial charge in [-0.25, -0.2) is 0 Å². The predicted molar refractivity (Wildman–Crippen MR) is 121 cm³/mol. The number of phenolic OH excluding ortho intramolecular Hbond substituents is 1. The van der Waals surface area contributed by atoms with Gasteiger partial charge < -0.3 is 24.8 Å². The molecule has 3 rings (SSSR count). The summed E-state index contributed by atoms with van der Waals surface area (Å²) in [5.41, 5.74) is 4.87. The minimum absolute atomic E-state index is 0.0459. The molecule has 1 fully saturated rings. The molecule has 0 saturated carbocycles. The maximum atomic E-state index is 9.76. The van der Waals surface area contributed by atoms with Gasteiger partial charge >= 0.3 is 0 Å². The number of nitrogens with zero attached hydrogens (tertiary/aromatic N) is 2. The van der Waals surface area contributed by atoms with Crippen LogP contribution in [0.25, 0.3) is 0 Å². The Morgan fingerprint density at radius 2 is 2.10 bits per heavy atom. The van der Waals surface area contributed by atoms with Crippen molar-refractivity contribution >= 4 is 5.96 Å². The second-order valence-corrected chi connectivity index (χ2v) is 7.66. The summed E-state index contributed by atoms with van der Waals surface area (Å²) in [5.74, 6) is 1.57. The molecule has 30 heavy (non-hydrogen) atoms. The number of hydrogen-bond donors (Lipinski definition) is 2. The highest BCUT2D eigenvalue weighted by molar-refractivity contribution is 5.80. The van der Waals surface area contributed by atoms with E-state index in [2.05, 4.69) is 49.2 Å². The van der Waals surface area contributed by atoms with E-state index < -0.39 is 0 Å². The molecule has 2 N–H and O–H groups in total. The number of guanidine groups is 1. The van der Waals surface area contributed by atoms with Crippen molar-refractivity contribution in [3.05, 3.63) is 58.7 Å². The predicted octanol–water partition coefficient (Wildman–Crippen LogP) is 3.60. The highest BCUT2D eigenvalue weighted by atomic mass is 16.5. The number of methoxy groups -OCH3 is 1. The van der Waals surface area contributed by atoms with Gasteiger partial charge in [0.25, 0.3) is 0 Å². The average Bonchev–Trinajstić information content (AvgIpc) is 2.74. The lowest BCUT2D eigenvalue weighted by Gasteiger charge is -2.36.